The Morgan fingerprint density at radius 1 is 1.26 bits per heavy atom. The Morgan fingerprint density at radius 2 is 2.06 bits per heavy atom. The number of phenols is 1. The van der Waals surface area contributed by atoms with Gasteiger partial charge in [-0.15, -0.1) is 0 Å². The van der Waals surface area contributed by atoms with Crippen molar-refractivity contribution in [3.63, 3.8) is 0 Å². The lowest BCUT2D eigenvalue weighted by atomic mass is 9.62. The molecule has 6 heteroatoms. The number of hydrogen-bond donors (Lipinski definition) is 3. The van der Waals surface area contributed by atoms with E-state index >= 15 is 0 Å². The monoisotopic (exact) mass is 420 g/mol. The number of aromatic hydroxyl groups is 1. The number of hydrogen-bond acceptors (Lipinski definition) is 6. The van der Waals surface area contributed by atoms with Crippen LogP contribution in [0, 0.1) is 29.1 Å². The molecule has 31 heavy (non-hydrogen) atoms. The molecule has 1 saturated heterocycles. The van der Waals surface area contributed by atoms with E-state index in [0.29, 0.717) is 36.3 Å². The van der Waals surface area contributed by atoms with E-state index in [1.165, 1.54) is 0 Å². The second kappa shape index (κ2) is 8.70. The van der Waals surface area contributed by atoms with E-state index in [2.05, 4.69) is 11.4 Å². The van der Waals surface area contributed by atoms with E-state index in [1.807, 2.05) is 24.3 Å². The molecule has 0 unspecified atom stereocenters. The molecule has 0 aromatic heterocycles. The van der Waals surface area contributed by atoms with Crippen LogP contribution in [0.4, 0.5) is 0 Å². The van der Waals surface area contributed by atoms with E-state index in [0.717, 1.165) is 12.1 Å². The van der Waals surface area contributed by atoms with Gasteiger partial charge in [-0.25, -0.2) is 0 Å². The molecule has 3 N–H and O–H groups in total. The third kappa shape index (κ3) is 3.91. The zero-order valence-corrected chi connectivity index (χ0v) is 17.7. The van der Waals surface area contributed by atoms with Crippen LogP contribution in [0.1, 0.15) is 29.5 Å². The second-order valence-corrected chi connectivity index (χ2v) is 8.68. The summed E-state index contributed by atoms with van der Waals surface area (Å²) < 4.78 is 5.53. The molecular formula is C25H28N2O4. The minimum atomic E-state index is -1.17. The van der Waals surface area contributed by atoms with Crippen LogP contribution < -0.4 is 10.1 Å². The molecule has 6 nitrogen and oxygen atoms in total. The Kier molecular flexibility index (Phi) is 5.99. The highest BCUT2D eigenvalue weighted by Gasteiger charge is 2.52. The Bertz CT molecular complexity index is 1010. The number of benzene rings is 2. The molecular weight excluding hydrogens is 392 g/mol. The first-order valence-electron chi connectivity index (χ1n) is 10.7. The van der Waals surface area contributed by atoms with E-state index in [-0.39, 0.29) is 42.1 Å². The maximum atomic E-state index is 13.4. The number of carbonyl (C=O) groups is 1. The van der Waals surface area contributed by atoms with Gasteiger partial charge in [0.2, 0.25) is 0 Å². The van der Waals surface area contributed by atoms with Crippen molar-refractivity contribution in [2.75, 3.05) is 20.2 Å². The van der Waals surface area contributed by atoms with Crippen molar-refractivity contribution in [2.24, 2.45) is 17.8 Å². The molecule has 1 heterocycles. The molecule has 2 fully saturated rings. The SMILES string of the molecule is COc1ccccc1[C@]1(O)C[C@@H](C(=O)Cc2c(O)cccc2CC#N)C[C@H]2CNC[C@H]21. The maximum Gasteiger partial charge on any atom is 0.140 e. The van der Waals surface area contributed by atoms with Crippen molar-refractivity contribution < 1.29 is 19.7 Å². The predicted octanol–water partition coefficient (Wildman–Crippen LogP) is 2.71. The molecule has 1 aliphatic heterocycles. The average Bonchev–Trinajstić information content (AvgIpc) is 3.26. The summed E-state index contributed by atoms with van der Waals surface area (Å²) in [6.45, 7) is 1.47. The standard InChI is InChI=1S/C25H28N2O4/c1-31-24-8-3-2-6-20(24)25(30)13-17(11-18-14-27-15-21(18)25)23(29)12-19-16(9-10-26)5-4-7-22(19)28/h2-8,17-18,21,27-28,30H,9,11-15H2,1H3/t17-,18-,21+,25+/m0/s1. The van der Waals surface area contributed by atoms with Gasteiger partial charge in [-0.1, -0.05) is 30.3 Å². The van der Waals surface area contributed by atoms with Gasteiger partial charge >= 0.3 is 0 Å². The number of ether oxygens (including phenoxy) is 1. The predicted molar refractivity (Wildman–Crippen MR) is 116 cm³/mol. The number of para-hydroxylation sites is 1. The molecule has 4 rings (SSSR count). The lowest BCUT2D eigenvalue weighted by molar-refractivity contribution is -0.134. The van der Waals surface area contributed by atoms with Crippen LogP contribution >= 0.6 is 0 Å². The molecule has 162 valence electrons. The Labute approximate surface area is 182 Å². The normalized spacial score (nSPS) is 27.3. The highest BCUT2D eigenvalue weighted by molar-refractivity contribution is 5.84. The molecule has 2 aromatic carbocycles. The first-order valence-corrected chi connectivity index (χ1v) is 10.7. The Hall–Kier alpha value is -2.88. The largest absolute Gasteiger partial charge is 0.508 e. The summed E-state index contributed by atoms with van der Waals surface area (Å²) in [7, 11) is 1.59. The van der Waals surface area contributed by atoms with Crippen molar-refractivity contribution in [1.82, 2.24) is 5.32 Å². The van der Waals surface area contributed by atoms with Gasteiger partial charge in [0, 0.05) is 35.9 Å². The second-order valence-electron chi connectivity index (χ2n) is 8.68. The molecule has 0 spiro atoms. The zero-order valence-electron chi connectivity index (χ0n) is 17.7. The highest BCUT2D eigenvalue weighted by Crippen LogP contribution is 2.51. The summed E-state index contributed by atoms with van der Waals surface area (Å²) in [6, 6.07) is 14.6. The fraction of sp³-hybridized carbons (Fsp3) is 0.440. The molecule has 2 aliphatic rings. The summed E-state index contributed by atoms with van der Waals surface area (Å²) in [5.74, 6) is 0.496. The number of rotatable bonds is 6. The number of fused-ring (bicyclic) bond motifs is 1. The van der Waals surface area contributed by atoms with Crippen LogP contribution in [0.25, 0.3) is 0 Å². The minimum absolute atomic E-state index is 0.00660. The smallest absolute Gasteiger partial charge is 0.140 e. The van der Waals surface area contributed by atoms with Crippen LogP contribution in [-0.4, -0.2) is 36.2 Å². The van der Waals surface area contributed by atoms with Crippen LogP contribution in [0.15, 0.2) is 42.5 Å². The molecule has 0 radical (unpaired) electrons. The summed E-state index contributed by atoms with van der Waals surface area (Å²) in [5.41, 5.74) is 0.739. The summed E-state index contributed by atoms with van der Waals surface area (Å²) in [6.07, 6.45) is 1.22. The Morgan fingerprint density at radius 3 is 2.84 bits per heavy atom. The van der Waals surface area contributed by atoms with Crippen LogP contribution in [0.2, 0.25) is 0 Å². The number of ketones is 1. The number of nitrogens with zero attached hydrogens (tertiary/aromatic N) is 1. The number of nitrogens with one attached hydrogen (secondary N) is 1. The van der Waals surface area contributed by atoms with Crippen molar-refractivity contribution in [3.8, 4) is 17.6 Å². The molecule has 1 aliphatic carbocycles. The Balaban J connectivity index is 1.65. The third-order valence-corrected chi connectivity index (χ3v) is 7.00. The van der Waals surface area contributed by atoms with Gasteiger partial charge < -0.3 is 20.3 Å². The fourth-order valence-electron chi connectivity index (χ4n) is 5.47. The number of aliphatic hydroxyl groups is 1. The molecule has 4 atom stereocenters. The van der Waals surface area contributed by atoms with Gasteiger partial charge in [0.05, 0.1) is 25.2 Å². The van der Waals surface area contributed by atoms with E-state index < -0.39 is 5.60 Å². The number of nitriles is 1. The van der Waals surface area contributed by atoms with E-state index in [1.54, 1.807) is 25.3 Å². The lowest BCUT2D eigenvalue weighted by Gasteiger charge is -2.45. The van der Waals surface area contributed by atoms with Crippen LogP contribution in [0.3, 0.4) is 0 Å². The van der Waals surface area contributed by atoms with Gasteiger partial charge in [-0.2, -0.15) is 5.26 Å². The molecule has 0 amide bonds. The van der Waals surface area contributed by atoms with Gasteiger partial charge in [-0.05, 0) is 43.0 Å². The average molecular weight is 421 g/mol. The fourth-order valence-corrected chi connectivity index (χ4v) is 5.47. The van der Waals surface area contributed by atoms with Gasteiger partial charge in [0.25, 0.3) is 0 Å². The van der Waals surface area contributed by atoms with Gasteiger partial charge in [0.1, 0.15) is 17.3 Å². The van der Waals surface area contributed by atoms with E-state index in [9.17, 15) is 15.0 Å². The molecule has 1 saturated carbocycles. The quantitative estimate of drug-likeness (QED) is 0.664. The number of phenolic OH excluding ortho intramolecular Hbond substituents is 1. The third-order valence-electron chi connectivity index (χ3n) is 7.00. The lowest BCUT2D eigenvalue weighted by Crippen LogP contribution is -2.47. The first-order chi connectivity index (χ1) is 15.0. The summed E-state index contributed by atoms with van der Waals surface area (Å²) in [4.78, 5) is 13.4. The topological polar surface area (TPSA) is 103 Å². The molecule has 0 bridgehead atoms. The summed E-state index contributed by atoms with van der Waals surface area (Å²) >= 11 is 0. The summed E-state index contributed by atoms with van der Waals surface area (Å²) in [5, 5.41) is 34.7. The van der Waals surface area contributed by atoms with E-state index in [4.69, 9.17) is 10.00 Å². The van der Waals surface area contributed by atoms with Crippen molar-refractivity contribution in [1.29, 1.82) is 5.26 Å². The number of methoxy groups -OCH3 is 1. The minimum Gasteiger partial charge on any atom is -0.508 e. The zero-order chi connectivity index (χ0) is 22.0. The van der Waals surface area contributed by atoms with Crippen molar-refractivity contribution in [2.45, 2.75) is 31.3 Å². The van der Waals surface area contributed by atoms with Crippen LogP contribution in [0.5, 0.6) is 11.5 Å². The maximum absolute atomic E-state index is 13.4. The molecule has 2 aromatic rings. The van der Waals surface area contributed by atoms with Crippen LogP contribution in [-0.2, 0) is 23.2 Å². The van der Waals surface area contributed by atoms with Gasteiger partial charge in [-0.3, -0.25) is 4.79 Å². The van der Waals surface area contributed by atoms with Gasteiger partial charge in [0.15, 0.2) is 0 Å². The van der Waals surface area contributed by atoms with Crippen molar-refractivity contribution >= 4 is 5.78 Å². The first kappa shape index (κ1) is 21.4. The highest BCUT2D eigenvalue weighted by atomic mass is 16.5. The van der Waals surface area contributed by atoms with Crippen molar-refractivity contribution in [3.05, 3.63) is 59.2 Å². The number of Topliss-reactive ketones (excluding diaryl/α,β-unsaturated/α-hetero) is 1. The number of carbonyl (C=O) groups excluding carboxylic acids is 1.